The topological polar surface area (TPSA) is 66.9 Å². The number of benzene rings is 3. The average molecular weight is 479 g/mol. The Morgan fingerprint density at radius 2 is 1.59 bits per heavy atom. The second-order valence-electron chi connectivity index (χ2n) is 9.15. The van der Waals surface area contributed by atoms with Crippen LogP contribution in [0.1, 0.15) is 37.3 Å². The molecule has 2 fully saturated rings. The highest BCUT2D eigenvalue weighted by Gasteiger charge is 2.37. The number of methoxy groups -OCH3 is 1. The molecule has 6 nitrogen and oxygen atoms in total. The summed E-state index contributed by atoms with van der Waals surface area (Å²) in [6.07, 6.45) is 3.04. The van der Waals surface area contributed by atoms with Crippen molar-refractivity contribution in [3.63, 3.8) is 0 Å². The Hall–Kier alpha value is -2.90. The lowest BCUT2D eigenvalue weighted by molar-refractivity contribution is -0.137. The number of hydrogen-bond acceptors (Lipinski definition) is 4. The molecule has 1 atom stereocenters. The molecule has 0 aromatic heterocycles. The zero-order valence-electron chi connectivity index (χ0n) is 19.4. The van der Waals surface area contributed by atoms with E-state index in [1.807, 2.05) is 59.5 Å². The third-order valence-corrected chi connectivity index (χ3v) is 9.09. The van der Waals surface area contributed by atoms with Crippen LogP contribution >= 0.6 is 0 Å². The summed E-state index contributed by atoms with van der Waals surface area (Å²) in [6.45, 7) is 1.49. The maximum Gasteiger partial charge on any atom is 0.243 e. The highest BCUT2D eigenvalue weighted by molar-refractivity contribution is 7.89. The molecule has 0 N–H and O–H groups in total. The molecule has 34 heavy (non-hydrogen) atoms. The normalized spacial score (nSPS) is 20.0. The number of rotatable bonds is 5. The molecule has 0 spiro atoms. The molecular weight excluding hydrogens is 448 g/mol. The van der Waals surface area contributed by atoms with Gasteiger partial charge in [-0.2, -0.15) is 4.31 Å². The van der Waals surface area contributed by atoms with Crippen LogP contribution in [-0.2, 0) is 14.8 Å². The summed E-state index contributed by atoms with van der Waals surface area (Å²) < 4.78 is 33.3. The van der Waals surface area contributed by atoms with Gasteiger partial charge in [-0.25, -0.2) is 8.42 Å². The molecule has 2 heterocycles. The van der Waals surface area contributed by atoms with Gasteiger partial charge in [-0.05, 0) is 66.3 Å². The predicted molar refractivity (Wildman–Crippen MR) is 132 cm³/mol. The number of carbonyl (C=O) groups excluding carboxylic acids is 1. The predicted octanol–water partition coefficient (Wildman–Crippen LogP) is 4.61. The zero-order valence-corrected chi connectivity index (χ0v) is 20.2. The Morgan fingerprint density at radius 1 is 0.882 bits per heavy atom. The van der Waals surface area contributed by atoms with Crippen molar-refractivity contribution >= 4 is 26.7 Å². The van der Waals surface area contributed by atoms with Crippen molar-refractivity contribution < 1.29 is 17.9 Å². The van der Waals surface area contributed by atoms with Crippen LogP contribution < -0.4 is 4.74 Å². The Morgan fingerprint density at radius 3 is 2.29 bits per heavy atom. The Bertz CT molecular complexity index is 1280. The summed E-state index contributed by atoms with van der Waals surface area (Å²) in [5.41, 5.74) is 1.13. The zero-order chi connectivity index (χ0) is 23.7. The van der Waals surface area contributed by atoms with Crippen LogP contribution in [0.4, 0.5) is 0 Å². The van der Waals surface area contributed by atoms with Crippen LogP contribution in [0, 0.1) is 5.92 Å². The first-order valence-corrected chi connectivity index (χ1v) is 13.3. The van der Waals surface area contributed by atoms with Crippen molar-refractivity contribution in [2.24, 2.45) is 5.92 Å². The first-order valence-electron chi connectivity index (χ1n) is 11.9. The molecule has 2 aliphatic heterocycles. The van der Waals surface area contributed by atoms with Crippen molar-refractivity contribution in [1.82, 2.24) is 9.21 Å². The molecule has 7 heteroatoms. The fourth-order valence-corrected chi connectivity index (χ4v) is 6.76. The van der Waals surface area contributed by atoms with Crippen molar-refractivity contribution in [2.75, 3.05) is 26.7 Å². The molecule has 5 rings (SSSR count). The number of amides is 1. The minimum absolute atomic E-state index is 0.0813. The maximum atomic E-state index is 13.4. The van der Waals surface area contributed by atoms with Gasteiger partial charge in [0.25, 0.3) is 0 Å². The van der Waals surface area contributed by atoms with Gasteiger partial charge in [0.05, 0.1) is 18.0 Å². The van der Waals surface area contributed by atoms with Gasteiger partial charge in [0.2, 0.25) is 15.9 Å². The van der Waals surface area contributed by atoms with Gasteiger partial charge in [0.1, 0.15) is 5.75 Å². The number of piperidine rings is 1. The summed E-state index contributed by atoms with van der Waals surface area (Å²) in [7, 11) is -1.94. The quantitative estimate of drug-likeness (QED) is 0.537. The van der Waals surface area contributed by atoms with Gasteiger partial charge >= 0.3 is 0 Å². The van der Waals surface area contributed by atoms with E-state index in [9.17, 15) is 13.2 Å². The molecule has 2 aliphatic rings. The molecule has 1 unspecified atom stereocenters. The van der Waals surface area contributed by atoms with E-state index in [0.29, 0.717) is 30.8 Å². The third-order valence-electron chi connectivity index (χ3n) is 7.20. The van der Waals surface area contributed by atoms with Crippen molar-refractivity contribution in [3.8, 4) is 5.75 Å². The van der Waals surface area contributed by atoms with E-state index in [0.717, 1.165) is 41.5 Å². The molecule has 2 saturated heterocycles. The number of ether oxygens (including phenoxy) is 1. The van der Waals surface area contributed by atoms with Crippen LogP contribution in [0.15, 0.2) is 71.6 Å². The van der Waals surface area contributed by atoms with Crippen molar-refractivity contribution in [2.45, 2.75) is 36.6 Å². The molecule has 0 aliphatic carbocycles. The highest BCUT2D eigenvalue weighted by atomic mass is 32.2. The molecule has 3 aromatic carbocycles. The lowest BCUT2D eigenvalue weighted by Crippen LogP contribution is -2.44. The summed E-state index contributed by atoms with van der Waals surface area (Å²) in [6, 6.07) is 21.0. The van der Waals surface area contributed by atoms with Crippen molar-refractivity contribution in [3.05, 3.63) is 72.3 Å². The lowest BCUT2D eigenvalue weighted by Gasteiger charge is -2.34. The van der Waals surface area contributed by atoms with E-state index in [1.165, 1.54) is 4.31 Å². The molecule has 1 amide bonds. The van der Waals surface area contributed by atoms with Gasteiger partial charge < -0.3 is 9.64 Å². The number of likely N-dealkylation sites (tertiary alicyclic amines) is 1. The van der Waals surface area contributed by atoms with E-state index in [2.05, 4.69) is 0 Å². The Balaban J connectivity index is 1.26. The molecular formula is C27H30N2O4S. The monoisotopic (exact) mass is 478 g/mol. The smallest absolute Gasteiger partial charge is 0.243 e. The van der Waals surface area contributed by atoms with Gasteiger partial charge in [-0.1, -0.05) is 42.5 Å². The van der Waals surface area contributed by atoms with Crippen molar-refractivity contribution in [1.29, 1.82) is 0 Å². The van der Waals surface area contributed by atoms with E-state index in [1.54, 1.807) is 19.2 Å². The first-order chi connectivity index (χ1) is 16.5. The van der Waals surface area contributed by atoms with E-state index >= 15 is 0 Å². The summed E-state index contributed by atoms with van der Waals surface area (Å²) in [5, 5.41) is 1.93. The third kappa shape index (κ3) is 4.30. The van der Waals surface area contributed by atoms with Crippen LogP contribution in [0.2, 0.25) is 0 Å². The lowest BCUT2D eigenvalue weighted by atomic mass is 9.95. The van der Waals surface area contributed by atoms with E-state index < -0.39 is 10.0 Å². The molecule has 0 saturated carbocycles. The number of fused-ring (bicyclic) bond motifs is 1. The van der Waals surface area contributed by atoms with E-state index in [4.69, 9.17) is 4.74 Å². The summed E-state index contributed by atoms with van der Waals surface area (Å²) in [4.78, 5) is 15.7. The molecule has 0 radical (unpaired) electrons. The second-order valence-corrected chi connectivity index (χ2v) is 11.1. The minimum atomic E-state index is -3.59. The second kappa shape index (κ2) is 9.39. The molecule has 0 bridgehead atoms. The summed E-state index contributed by atoms with van der Waals surface area (Å²) >= 11 is 0. The van der Waals surface area contributed by atoms with Gasteiger partial charge in [0, 0.05) is 25.6 Å². The SMILES string of the molecule is COc1ccc(C2CCCN2C(=O)C2CCN(S(=O)(=O)c3ccc4ccccc4c3)CC2)cc1. The highest BCUT2D eigenvalue weighted by Crippen LogP contribution is 2.36. The number of nitrogens with zero attached hydrogens (tertiary/aromatic N) is 2. The molecule has 3 aromatic rings. The fourth-order valence-electron chi connectivity index (χ4n) is 5.26. The van der Waals surface area contributed by atoms with Crippen LogP contribution in [0.3, 0.4) is 0 Å². The maximum absolute atomic E-state index is 13.4. The van der Waals surface area contributed by atoms with Gasteiger partial charge in [0.15, 0.2) is 0 Å². The minimum Gasteiger partial charge on any atom is -0.497 e. The number of hydrogen-bond donors (Lipinski definition) is 0. The van der Waals surface area contributed by atoms with Crippen LogP contribution in [0.25, 0.3) is 10.8 Å². The molecule has 178 valence electrons. The standard InChI is InChI=1S/C27H30N2O4S/c1-33-24-11-8-21(9-12-24)26-7-4-16-29(26)27(30)22-14-17-28(18-15-22)34(31,32)25-13-10-20-5-2-3-6-23(20)19-25/h2-3,5-6,8-13,19,22,26H,4,7,14-18H2,1H3. The van der Waals surface area contributed by atoms with E-state index in [-0.39, 0.29) is 17.9 Å². The first kappa shape index (κ1) is 22.9. The Labute approximate surface area is 201 Å². The van der Waals surface area contributed by atoms with Crippen LogP contribution in [-0.4, -0.2) is 50.3 Å². The summed E-state index contributed by atoms with van der Waals surface area (Å²) in [5.74, 6) is 0.822. The number of carbonyl (C=O) groups is 1. The average Bonchev–Trinajstić information content (AvgIpc) is 3.38. The van der Waals surface area contributed by atoms with Gasteiger partial charge in [-0.3, -0.25) is 4.79 Å². The fraction of sp³-hybridized carbons (Fsp3) is 0.370. The Kier molecular flexibility index (Phi) is 6.32. The largest absolute Gasteiger partial charge is 0.497 e. The van der Waals surface area contributed by atoms with Crippen LogP contribution in [0.5, 0.6) is 5.75 Å². The van der Waals surface area contributed by atoms with Gasteiger partial charge in [-0.15, -0.1) is 0 Å². The number of sulfonamides is 1.